The van der Waals surface area contributed by atoms with Gasteiger partial charge in [0.2, 0.25) is 5.91 Å². The van der Waals surface area contributed by atoms with Gasteiger partial charge in [-0.25, -0.2) is 0 Å². The minimum Gasteiger partial charge on any atom is -0.350 e. The molecule has 2 aromatic rings. The summed E-state index contributed by atoms with van der Waals surface area (Å²) in [5.41, 5.74) is 1.68. The van der Waals surface area contributed by atoms with Crippen LogP contribution < -0.4 is 10.6 Å². The fraction of sp³-hybridized carbons (Fsp3) is 0.200. The SMILES string of the molecule is Cc1ccsc1CNC(=O)CNC(=O)c1cccc(Br)c1. The molecule has 0 unspecified atom stereocenters. The molecule has 1 aromatic carbocycles. The van der Waals surface area contributed by atoms with Crippen molar-refractivity contribution >= 4 is 39.1 Å². The van der Waals surface area contributed by atoms with Gasteiger partial charge in [0.15, 0.2) is 0 Å². The van der Waals surface area contributed by atoms with Crippen molar-refractivity contribution in [3.8, 4) is 0 Å². The molecule has 1 aromatic heterocycles. The Morgan fingerprint density at radius 1 is 1.24 bits per heavy atom. The lowest BCUT2D eigenvalue weighted by Gasteiger charge is -2.07. The molecule has 0 aliphatic heterocycles. The van der Waals surface area contributed by atoms with Gasteiger partial charge in [-0.05, 0) is 42.1 Å². The molecule has 0 spiro atoms. The van der Waals surface area contributed by atoms with E-state index in [2.05, 4.69) is 26.6 Å². The van der Waals surface area contributed by atoms with Gasteiger partial charge in [0.05, 0.1) is 13.1 Å². The molecular weight excluding hydrogens is 352 g/mol. The predicted octanol–water partition coefficient (Wildman–Crippen LogP) is 2.87. The van der Waals surface area contributed by atoms with Gasteiger partial charge in [-0.2, -0.15) is 0 Å². The Kier molecular flexibility index (Phi) is 5.52. The second-order valence-electron chi connectivity index (χ2n) is 4.50. The number of halogens is 1. The van der Waals surface area contributed by atoms with Gasteiger partial charge in [-0.1, -0.05) is 22.0 Å². The summed E-state index contributed by atoms with van der Waals surface area (Å²) < 4.78 is 0.827. The van der Waals surface area contributed by atoms with E-state index in [1.54, 1.807) is 29.5 Å². The Morgan fingerprint density at radius 2 is 2.05 bits per heavy atom. The van der Waals surface area contributed by atoms with Crippen LogP contribution in [0.25, 0.3) is 0 Å². The van der Waals surface area contributed by atoms with E-state index in [-0.39, 0.29) is 18.4 Å². The van der Waals surface area contributed by atoms with Gasteiger partial charge in [0.1, 0.15) is 0 Å². The molecule has 0 saturated carbocycles. The predicted molar refractivity (Wildman–Crippen MR) is 87.4 cm³/mol. The molecule has 0 aliphatic carbocycles. The van der Waals surface area contributed by atoms with E-state index in [1.807, 2.05) is 24.4 Å². The highest BCUT2D eigenvalue weighted by Crippen LogP contribution is 2.14. The summed E-state index contributed by atoms with van der Waals surface area (Å²) in [6.07, 6.45) is 0. The third-order valence-electron chi connectivity index (χ3n) is 2.91. The van der Waals surface area contributed by atoms with Crippen LogP contribution >= 0.6 is 27.3 Å². The summed E-state index contributed by atoms with van der Waals surface area (Å²) in [7, 11) is 0. The molecule has 21 heavy (non-hydrogen) atoms. The highest BCUT2D eigenvalue weighted by Gasteiger charge is 2.08. The number of aryl methyl sites for hydroxylation is 1. The van der Waals surface area contributed by atoms with Crippen LogP contribution in [0.15, 0.2) is 40.2 Å². The van der Waals surface area contributed by atoms with Crippen LogP contribution in [0.5, 0.6) is 0 Å². The minimum atomic E-state index is -0.265. The van der Waals surface area contributed by atoms with E-state index < -0.39 is 0 Å². The maximum absolute atomic E-state index is 11.9. The van der Waals surface area contributed by atoms with Gasteiger partial charge < -0.3 is 10.6 Å². The zero-order chi connectivity index (χ0) is 15.2. The van der Waals surface area contributed by atoms with Crippen molar-refractivity contribution in [3.63, 3.8) is 0 Å². The average Bonchev–Trinajstić information content (AvgIpc) is 2.88. The Morgan fingerprint density at radius 3 is 2.71 bits per heavy atom. The normalized spacial score (nSPS) is 10.2. The number of thiophene rings is 1. The first-order valence-corrected chi connectivity index (χ1v) is 8.07. The Bertz CT molecular complexity index is 655. The first kappa shape index (κ1) is 15.7. The van der Waals surface area contributed by atoms with Crippen LogP contribution in [0.1, 0.15) is 20.8 Å². The van der Waals surface area contributed by atoms with Gasteiger partial charge in [-0.3, -0.25) is 9.59 Å². The molecule has 0 atom stereocenters. The molecule has 0 radical (unpaired) electrons. The summed E-state index contributed by atoms with van der Waals surface area (Å²) in [5, 5.41) is 7.39. The van der Waals surface area contributed by atoms with Crippen LogP contribution in [0, 0.1) is 6.92 Å². The van der Waals surface area contributed by atoms with Crippen molar-refractivity contribution in [1.29, 1.82) is 0 Å². The summed E-state index contributed by atoms with van der Waals surface area (Å²) >= 11 is 4.91. The standard InChI is InChI=1S/C15H15BrN2O2S/c1-10-5-6-21-13(10)8-17-14(19)9-18-15(20)11-3-2-4-12(16)7-11/h2-7H,8-9H2,1H3,(H,17,19)(H,18,20). The zero-order valence-corrected chi connectivity index (χ0v) is 13.9. The van der Waals surface area contributed by atoms with E-state index in [0.717, 1.165) is 9.35 Å². The van der Waals surface area contributed by atoms with Crippen LogP contribution in [0.2, 0.25) is 0 Å². The molecule has 0 saturated heterocycles. The Hall–Kier alpha value is -1.66. The summed E-state index contributed by atoms with van der Waals surface area (Å²) in [6.45, 7) is 2.47. The molecule has 4 nitrogen and oxygen atoms in total. The molecule has 110 valence electrons. The van der Waals surface area contributed by atoms with Crippen LogP contribution in [0.4, 0.5) is 0 Å². The fourth-order valence-electron chi connectivity index (χ4n) is 1.72. The lowest BCUT2D eigenvalue weighted by molar-refractivity contribution is -0.120. The maximum Gasteiger partial charge on any atom is 0.251 e. The highest BCUT2D eigenvalue weighted by molar-refractivity contribution is 9.10. The molecule has 0 fully saturated rings. The molecular formula is C15H15BrN2O2S. The average molecular weight is 367 g/mol. The number of hydrogen-bond donors (Lipinski definition) is 2. The minimum absolute atomic E-state index is 0.0320. The Labute approximate surface area is 135 Å². The highest BCUT2D eigenvalue weighted by atomic mass is 79.9. The molecule has 2 N–H and O–H groups in total. The monoisotopic (exact) mass is 366 g/mol. The molecule has 6 heteroatoms. The van der Waals surface area contributed by atoms with Crippen LogP contribution in [-0.2, 0) is 11.3 Å². The number of carbonyl (C=O) groups is 2. The molecule has 0 aliphatic rings. The van der Waals surface area contributed by atoms with E-state index >= 15 is 0 Å². The second-order valence-corrected chi connectivity index (χ2v) is 6.41. The Balaban J connectivity index is 1.79. The number of carbonyl (C=O) groups excluding carboxylic acids is 2. The van der Waals surface area contributed by atoms with E-state index in [9.17, 15) is 9.59 Å². The van der Waals surface area contributed by atoms with Gasteiger partial charge in [0, 0.05) is 14.9 Å². The van der Waals surface area contributed by atoms with E-state index in [1.165, 1.54) is 5.56 Å². The molecule has 0 bridgehead atoms. The van der Waals surface area contributed by atoms with Crippen molar-refractivity contribution in [2.75, 3.05) is 6.54 Å². The van der Waals surface area contributed by atoms with Crippen molar-refractivity contribution in [2.45, 2.75) is 13.5 Å². The second kappa shape index (κ2) is 7.38. The third kappa shape index (κ3) is 4.68. The topological polar surface area (TPSA) is 58.2 Å². The maximum atomic E-state index is 11.9. The van der Waals surface area contributed by atoms with Crippen molar-refractivity contribution in [1.82, 2.24) is 10.6 Å². The van der Waals surface area contributed by atoms with Crippen molar-refractivity contribution < 1.29 is 9.59 Å². The number of nitrogens with one attached hydrogen (secondary N) is 2. The van der Waals surface area contributed by atoms with Crippen molar-refractivity contribution in [3.05, 3.63) is 56.2 Å². The number of amides is 2. The largest absolute Gasteiger partial charge is 0.350 e. The van der Waals surface area contributed by atoms with Crippen LogP contribution in [-0.4, -0.2) is 18.4 Å². The van der Waals surface area contributed by atoms with Gasteiger partial charge >= 0.3 is 0 Å². The van der Waals surface area contributed by atoms with E-state index in [0.29, 0.717) is 12.1 Å². The smallest absolute Gasteiger partial charge is 0.251 e. The fourth-order valence-corrected chi connectivity index (χ4v) is 2.96. The number of hydrogen-bond acceptors (Lipinski definition) is 3. The zero-order valence-electron chi connectivity index (χ0n) is 11.5. The summed E-state index contributed by atoms with van der Waals surface area (Å²) in [5.74, 6) is -0.468. The lowest BCUT2D eigenvalue weighted by atomic mass is 10.2. The number of rotatable bonds is 5. The molecule has 2 amide bonds. The molecule has 1 heterocycles. The van der Waals surface area contributed by atoms with E-state index in [4.69, 9.17) is 0 Å². The number of benzene rings is 1. The first-order chi connectivity index (χ1) is 10.1. The quantitative estimate of drug-likeness (QED) is 0.854. The summed E-state index contributed by atoms with van der Waals surface area (Å²) in [6, 6.07) is 9.04. The lowest BCUT2D eigenvalue weighted by Crippen LogP contribution is -2.36. The summed E-state index contributed by atoms with van der Waals surface area (Å²) in [4.78, 5) is 24.7. The third-order valence-corrected chi connectivity index (χ3v) is 4.43. The van der Waals surface area contributed by atoms with Crippen molar-refractivity contribution in [2.24, 2.45) is 0 Å². The van der Waals surface area contributed by atoms with Gasteiger partial charge in [0.25, 0.3) is 5.91 Å². The molecule has 2 rings (SSSR count). The first-order valence-electron chi connectivity index (χ1n) is 6.39. The van der Waals surface area contributed by atoms with Gasteiger partial charge in [-0.15, -0.1) is 11.3 Å². The van der Waals surface area contributed by atoms with Crippen LogP contribution in [0.3, 0.4) is 0 Å².